The molecule has 1 aromatic rings. The summed E-state index contributed by atoms with van der Waals surface area (Å²) in [5, 5.41) is 19.5. The first-order valence-electron chi connectivity index (χ1n) is 5.26. The van der Waals surface area contributed by atoms with Gasteiger partial charge in [0.25, 0.3) is 0 Å². The molecule has 1 aliphatic rings. The summed E-state index contributed by atoms with van der Waals surface area (Å²) in [6, 6.07) is 5.91. The predicted octanol–water partition coefficient (Wildman–Crippen LogP) is 1.81. The van der Waals surface area contributed by atoms with E-state index in [9.17, 15) is 10.2 Å². The van der Waals surface area contributed by atoms with Crippen LogP contribution < -0.4 is 0 Å². The van der Waals surface area contributed by atoms with Gasteiger partial charge in [0.1, 0.15) is 6.10 Å². The van der Waals surface area contributed by atoms with Gasteiger partial charge in [-0.25, -0.2) is 0 Å². The lowest BCUT2D eigenvalue weighted by molar-refractivity contribution is 0.0169. The number of aryl methyl sites for hydroxylation is 2. The first-order chi connectivity index (χ1) is 7.22. The van der Waals surface area contributed by atoms with Crippen molar-refractivity contribution in [3.63, 3.8) is 0 Å². The molecule has 0 heterocycles. The van der Waals surface area contributed by atoms with E-state index in [0.717, 1.165) is 18.4 Å². The Bertz CT molecular complexity index is 351. The molecular formula is C12H15ClO2. The Morgan fingerprint density at radius 2 is 1.93 bits per heavy atom. The SMILES string of the molecule is OC(CCCl)C(O)c1ccc2c(c1)CC2. The summed E-state index contributed by atoms with van der Waals surface area (Å²) in [5.41, 5.74) is 3.45. The summed E-state index contributed by atoms with van der Waals surface area (Å²) in [4.78, 5) is 0. The molecule has 0 aromatic heterocycles. The average Bonchev–Trinajstić information content (AvgIpc) is 2.19. The van der Waals surface area contributed by atoms with Crippen LogP contribution in [0.25, 0.3) is 0 Å². The van der Waals surface area contributed by atoms with Gasteiger partial charge in [-0.05, 0) is 36.0 Å². The summed E-state index contributed by atoms with van der Waals surface area (Å²) >= 11 is 5.52. The Morgan fingerprint density at radius 1 is 1.20 bits per heavy atom. The molecule has 1 aromatic carbocycles. The molecule has 2 atom stereocenters. The molecule has 0 amide bonds. The van der Waals surface area contributed by atoms with Crippen molar-refractivity contribution in [3.8, 4) is 0 Å². The highest BCUT2D eigenvalue weighted by Crippen LogP contribution is 2.28. The van der Waals surface area contributed by atoms with Crippen LogP contribution in [0.3, 0.4) is 0 Å². The standard InChI is InChI=1S/C12H15ClO2/c13-6-5-11(14)12(15)10-4-2-8-1-3-9(8)7-10/h2,4,7,11-12,14-15H,1,3,5-6H2. The summed E-state index contributed by atoms with van der Waals surface area (Å²) in [6.45, 7) is 0. The number of aliphatic hydroxyl groups is 2. The van der Waals surface area contributed by atoms with E-state index in [-0.39, 0.29) is 0 Å². The molecule has 0 spiro atoms. The zero-order valence-electron chi connectivity index (χ0n) is 8.49. The van der Waals surface area contributed by atoms with Crippen molar-refractivity contribution < 1.29 is 10.2 Å². The quantitative estimate of drug-likeness (QED) is 0.769. The minimum absolute atomic E-state index is 0.364. The van der Waals surface area contributed by atoms with E-state index in [0.29, 0.717) is 12.3 Å². The Hall–Kier alpha value is -0.570. The Balaban J connectivity index is 2.11. The van der Waals surface area contributed by atoms with Gasteiger partial charge in [0.2, 0.25) is 0 Å². The topological polar surface area (TPSA) is 40.5 Å². The first-order valence-corrected chi connectivity index (χ1v) is 5.79. The van der Waals surface area contributed by atoms with Gasteiger partial charge in [0.05, 0.1) is 6.10 Å². The van der Waals surface area contributed by atoms with Crippen LogP contribution in [-0.2, 0) is 12.8 Å². The third-order valence-electron chi connectivity index (χ3n) is 3.00. The molecule has 2 nitrogen and oxygen atoms in total. The molecule has 0 aliphatic heterocycles. The Kier molecular flexibility index (Phi) is 3.29. The highest BCUT2D eigenvalue weighted by atomic mass is 35.5. The van der Waals surface area contributed by atoms with Gasteiger partial charge in [-0.1, -0.05) is 18.2 Å². The third-order valence-corrected chi connectivity index (χ3v) is 3.22. The fourth-order valence-corrected chi connectivity index (χ4v) is 2.11. The number of hydrogen-bond donors (Lipinski definition) is 2. The molecule has 2 rings (SSSR count). The molecular weight excluding hydrogens is 212 g/mol. The fourth-order valence-electron chi connectivity index (χ4n) is 1.89. The molecule has 0 saturated heterocycles. The highest BCUT2D eigenvalue weighted by molar-refractivity contribution is 6.17. The molecule has 3 heteroatoms. The number of alkyl halides is 1. The van der Waals surface area contributed by atoms with Crippen LogP contribution in [0.5, 0.6) is 0 Å². The highest BCUT2D eigenvalue weighted by Gasteiger charge is 2.20. The zero-order valence-corrected chi connectivity index (χ0v) is 9.24. The molecule has 0 saturated carbocycles. The number of fused-ring (bicyclic) bond motifs is 1. The summed E-state index contributed by atoms with van der Waals surface area (Å²) < 4.78 is 0. The second kappa shape index (κ2) is 4.52. The molecule has 0 fully saturated rings. The smallest absolute Gasteiger partial charge is 0.105 e. The molecule has 0 radical (unpaired) electrons. The van der Waals surface area contributed by atoms with Gasteiger partial charge in [-0.2, -0.15) is 0 Å². The molecule has 82 valence electrons. The van der Waals surface area contributed by atoms with E-state index in [1.165, 1.54) is 11.1 Å². The first kappa shape index (κ1) is 10.9. The minimum atomic E-state index is -0.811. The lowest BCUT2D eigenvalue weighted by atomic mass is 9.86. The maximum atomic E-state index is 9.85. The largest absolute Gasteiger partial charge is 0.390 e. The van der Waals surface area contributed by atoms with Crippen molar-refractivity contribution in [2.24, 2.45) is 0 Å². The number of rotatable bonds is 4. The second-order valence-electron chi connectivity index (χ2n) is 4.02. The minimum Gasteiger partial charge on any atom is -0.390 e. The summed E-state index contributed by atoms with van der Waals surface area (Å²) in [6.07, 6.45) is 1.06. The van der Waals surface area contributed by atoms with Crippen molar-refractivity contribution >= 4 is 11.6 Å². The van der Waals surface area contributed by atoms with E-state index < -0.39 is 12.2 Å². The monoisotopic (exact) mass is 226 g/mol. The van der Waals surface area contributed by atoms with Crippen LogP contribution in [-0.4, -0.2) is 22.2 Å². The van der Waals surface area contributed by atoms with Gasteiger partial charge >= 0.3 is 0 Å². The number of halogens is 1. The van der Waals surface area contributed by atoms with Crippen LogP contribution in [0.2, 0.25) is 0 Å². The van der Waals surface area contributed by atoms with Gasteiger partial charge in [0.15, 0.2) is 0 Å². The van der Waals surface area contributed by atoms with Crippen LogP contribution in [0.15, 0.2) is 18.2 Å². The Morgan fingerprint density at radius 3 is 2.47 bits per heavy atom. The average molecular weight is 227 g/mol. The maximum absolute atomic E-state index is 9.85. The lowest BCUT2D eigenvalue weighted by Gasteiger charge is -2.23. The van der Waals surface area contributed by atoms with Crippen molar-refractivity contribution in [3.05, 3.63) is 34.9 Å². The van der Waals surface area contributed by atoms with Gasteiger partial charge < -0.3 is 10.2 Å². The number of benzene rings is 1. The molecule has 15 heavy (non-hydrogen) atoms. The van der Waals surface area contributed by atoms with Crippen LogP contribution >= 0.6 is 11.6 Å². The second-order valence-corrected chi connectivity index (χ2v) is 4.40. The van der Waals surface area contributed by atoms with E-state index in [1.54, 1.807) is 0 Å². The lowest BCUT2D eigenvalue weighted by Crippen LogP contribution is -2.20. The van der Waals surface area contributed by atoms with Crippen molar-refractivity contribution in [1.82, 2.24) is 0 Å². The molecule has 1 aliphatic carbocycles. The van der Waals surface area contributed by atoms with E-state index >= 15 is 0 Å². The van der Waals surface area contributed by atoms with E-state index in [1.807, 2.05) is 18.2 Å². The van der Waals surface area contributed by atoms with Crippen molar-refractivity contribution in [2.75, 3.05) is 5.88 Å². The fraction of sp³-hybridized carbons (Fsp3) is 0.500. The zero-order chi connectivity index (χ0) is 10.8. The van der Waals surface area contributed by atoms with E-state index in [4.69, 9.17) is 11.6 Å². The molecule has 2 N–H and O–H groups in total. The molecule has 2 unspecified atom stereocenters. The van der Waals surface area contributed by atoms with E-state index in [2.05, 4.69) is 0 Å². The predicted molar refractivity (Wildman–Crippen MR) is 60.2 cm³/mol. The van der Waals surface area contributed by atoms with Crippen molar-refractivity contribution in [2.45, 2.75) is 31.5 Å². The molecule has 0 bridgehead atoms. The van der Waals surface area contributed by atoms with Crippen LogP contribution in [0.4, 0.5) is 0 Å². The third kappa shape index (κ3) is 2.17. The normalized spacial score (nSPS) is 17.8. The van der Waals surface area contributed by atoms with Crippen LogP contribution in [0, 0.1) is 0 Å². The van der Waals surface area contributed by atoms with Crippen molar-refractivity contribution in [1.29, 1.82) is 0 Å². The number of aliphatic hydroxyl groups excluding tert-OH is 2. The van der Waals surface area contributed by atoms with Gasteiger partial charge in [0, 0.05) is 5.88 Å². The summed E-state index contributed by atoms with van der Waals surface area (Å²) in [5.74, 6) is 0.364. The van der Waals surface area contributed by atoms with Gasteiger partial charge in [-0.3, -0.25) is 0 Å². The maximum Gasteiger partial charge on any atom is 0.105 e. The van der Waals surface area contributed by atoms with Gasteiger partial charge in [-0.15, -0.1) is 11.6 Å². The van der Waals surface area contributed by atoms with Crippen LogP contribution in [0.1, 0.15) is 29.2 Å². The number of hydrogen-bond acceptors (Lipinski definition) is 2. The Labute approximate surface area is 94.5 Å². The summed E-state index contributed by atoms with van der Waals surface area (Å²) in [7, 11) is 0.